The lowest BCUT2D eigenvalue weighted by molar-refractivity contribution is 0.0526. The van der Waals surface area contributed by atoms with Crippen molar-refractivity contribution < 1.29 is 19.4 Å². The van der Waals surface area contributed by atoms with Crippen LogP contribution < -0.4 is 4.90 Å². The molecule has 0 saturated carbocycles. The van der Waals surface area contributed by atoms with Crippen LogP contribution in [0.15, 0.2) is 78.9 Å². The predicted octanol–water partition coefficient (Wildman–Crippen LogP) is 3.72. The molecule has 1 aliphatic heterocycles. The van der Waals surface area contributed by atoms with Gasteiger partial charge in [0.1, 0.15) is 0 Å². The number of anilines is 1. The Balaban J connectivity index is 1.84. The number of hydrogen-bond donors (Lipinski definition) is 1. The zero-order chi connectivity index (χ0) is 19.7. The predicted molar refractivity (Wildman–Crippen MR) is 105 cm³/mol. The minimum absolute atomic E-state index is 0.286. The fraction of sp³-hybridized carbons (Fsp3) is 0.130. The molecule has 5 nitrogen and oxygen atoms in total. The molecule has 1 amide bonds. The van der Waals surface area contributed by atoms with E-state index in [9.17, 15) is 14.7 Å². The Morgan fingerprint density at radius 2 is 1.61 bits per heavy atom. The lowest BCUT2D eigenvalue weighted by Crippen LogP contribution is -2.45. The van der Waals surface area contributed by atoms with Gasteiger partial charge in [-0.25, -0.2) is 4.79 Å². The highest BCUT2D eigenvalue weighted by molar-refractivity contribution is 6.12. The second kappa shape index (κ2) is 6.94. The SMILES string of the molecule is CCOC(=O)c1ccc(N2C(=O)c3ccccc3[C@]2(O)c2ccccc2)cc1. The van der Waals surface area contributed by atoms with E-state index in [0.29, 0.717) is 27.9 Å². The van der Waals surface area contributed by atoms with Crippen molar-refractivity contribution >= 4 is 17.6 Å². The van der Waals surface area contributed by atoms with Crippen LogP contribution in [0.5, 0.6) is 0 Å². The van der Waals surface area contributed by atoms with Gasteiger partial charge in [0, 0.05) is 22.4 Å². The second-order valence-corrected chi connectivity index (χ2v) is 6.49. The van der Waals surface area contributed by atoms with Crippen LogP contribution >= 0.6 is 0 Å². The topological polar surface area (TPSA) is 66.8 Å². The summed E-state index contributed by atoms with van der Waals surface area (Å²) in [7, 11) is 0. The summed E-state index contributed by atoms with van der Waals surface area (Å²) in [5.41, 5.74) is 0.797. The van der Waals surface area contributed by atoms with E-state index >= 15 is 0 Å². The molecule has 4 rings (SSSR count). The third kappa shape index (κ3) is 2.68. The number of ether oxygens (including phenoxy) is 1. The highest BCUT2D eigenvalue weighted by Crippen LogP contribution is 2.44. The van der Waals surface area contributed by atoms with E-state index in [1.165, 1.54) is 4.90 Å². The summed E-state index contributed by atoms with van der Waals surface area (Å²) in [6.45, 7) is 2.03. The van der Waals surface area contributed by atoms with E-state index in [4.69, 9.17) is 4.74 Å². The number of amides is 1. The van der Waals surface area contributed by atoms with Gasteiger partial charge in [0.25, 0.3) is 5.91 Å². The van der Waals surface area contributed by atoms with Crippen molar-refractivity contribution in [1.29, 1.82) is 0 Å². The molecule has 1 aliphatic rings. The zero-order valence-corrected chi connectivity index (χ0v) is 15.3. The Morgan fingerprint density at radius 1 is 0.964 bits per heavy atom. The van der Waals surface area contributed by atoms with E-state index in [1.54, 1.807) is 67.6 Å². The van der Waals surface area contributed by atoms with Gasteiger partial charge in [0.05, 0.1) is 12.2 Å². The van der Waals surface area contributed by atoms with Crippen LogP contribution in [0.2, 0.25) is 0 Å². The average molecular weight is 373 g/mol. The van der Waals surface area contributed by atoms with Crippen molar-refractivity contribution in [3.05, 3.63) is 101 Å². The standard InChI is InChI=1S/C23H19NO4/c1-2-28-22(26)16-12-14-18(15-13-16)24-21(25)19-10-6-7-11-20(19)23(24,27)17-8-4-3-5-9-17/h3-15,27H,2H2,1H3/t23-/m1/s1. The minimum atomic E-state index is -1.64. The van der Waals surface area contributed by atoms with Crippen molar-refractivity contribution in [1.82, 2.24) is 0 Å². The third-order valence-electron chi connectivity index (χ3n) is 4.87. The third-order valence-corrected chi connectivity index (χ3v) is 4.87. The molecule has 0 aliphatic carbocycles. The first-order valence-corrected chi connectivity index (χ1v) is 9.06. The molecule has 1 N–H and O–H groups in total. The minimum Gasteiger partial charge on any atom is -0.462 e. The normalized spacial score (nSPS) is 18.1. The van der Waals surface area contributed by atoms with Gasteiger partial charge in [-0.2, -0.15) is 0 Å². The van der Waals surface area contributed by atoms with Crippen molar-refractivity contribution in [2.45, 2.75) is 12.6 Å². The van der Waals surface area contributed by atoms with Gasteiger partial charge < -0.3 is 9.84 Å². The summed E-state index contributed by atoms with van der Waals surface area (Å²) in [6.07, 6.45) is 0. The van der Waals surface area contributed by atoms with Crippen LogP contribution in [0.4, 0.5) is 5.69 Å². The maximum Gasteiger partial charge on any atom is 0.338 e. The first kappa shape index (κ1) is 17.9. The van der Waals surface area contributed by atoms with Crippen LogP contribution in [-0.2, 0) is 10.5 Å². The molecule has 0 bridgehead atoms. The quantitative estimate of drug-likeness (QED) is 0.708. The maximum atomic E-state index is 13.2. The summed E-state index contributed by atoms with van der Waals surface area (Å²) in [4.78, 5) is 26.5. The summed E-state index contributed by atoms with van der Waals surface area (Å²) >= 11 is 0. The lowest BCUT2D eigenvalue weighted by atomic mass is 9.93. The number of esters is 1. The molecular formula is C23H19NO4. The first-order valence-electron chi connectivity index (χ1n) is 9.06. The second-order valence-electron chi connectivity index (χ2n) is 6.49. The van der Waals surface area contributed by atoms with Crippen molar-refractivity contribution in [2.24, 2.45) is 0 Å². The molecule has 3 aromatic rings. The molecule has 140 valence electrons. The van der Waals surface area contributed by atoms with Crippen LogP contribution in [0.25, 0.3) is 0 Å². The van der Waals surface area contributed by atoms with E-state index in [-0.39, 0.29) is 12.5 Å². The Morgan fingerprint density at radius 3 is 2.29 bits per heavy atom. The molecule has 0 saturated heterocycles. The van der Waals surface area contributed by atoms with Gasteiger partial charge in [-0.1, -0.05) is 48.5 Å². The number of carbonyl (C=O) groups is 2. The number of nitrogens with zero attached hydrogens (tertiary/aromatic N) is 1. The number of hydrogen-bond acceptors (Lipinski definition) is 4. The van der Waals surface area contributed by atoms with Crippen LogP contribution in [-0.4, -0.2) is 23.6 Å². The molecule has 3 aromatic carbocycles. The van der Waals surface area contributed by atoms with E-state index in [0.717, 1.165) is 0 Å². The fourth-order valence-electron chi connectivity index (χ4n) is 3.58. The van der Waals surface area contributed by atoms with E-state index in [2.05, 4.69) is 0 Å². The number of aliphatic hydroxyl groups is 1. The number of carbonyl (C=O) groups excluding carboxylic acids is 2. The molecule has 0 spiro atoms. The Kier molecular flexibility index (Phi) is 4.45. The van der Waals surface area contributed by atoms with Crippen molar-refractivity contribution in [3.8, 4) is 0 Å². The summed E-state index contributed by atoms with van der Waals surface area (Å²) < 4.78 is 5.01. The Bertz CT molecular complexity index is 1030. The number of benzene rings is 3. The van der Waals surface area contributed by atoms with E-state index < -0.39 is 11.7 Å². The average Bonchev–Trinajstić information content (AvgIpc) is 2.97. The largest absolute Gasteiger partial charge is 0.462 e. The fourth-order valence-corrected chi connectivity index (χ4v) is 3.58. The van der Waals surface area contributed by atoms with Gasteiger partial charge in [-0.05, 0) is 37.3 Å². The van der Waals surface area contributed by atoms with E-state index in [1.807, 2.05) is 18.2 Å². The molecule has 0 fully saturated rings. The van der Waals surface area contributed by atoms with Crippen molar-refractivity contribution in [3.63, 3.8) is 0 Å². The van der Waals surface area contributed by atoms with Crippen molar-refractivity contribution in [2.75, 3.05) is 11.5 Å². The molecular weight excluding hydrogens is 354 g/mol. The van der Waals surface area contributed by atoms with Gasteiger partial charge in [-0.15, -0.1) is 0 Å². The smallest absolute Gasteiger partial charge is 0.338 e. The molecule has 0 unspecified atom stereocenters. The highest BCUT2D eigenvalue weighted by Gasteiger charge is 2.50. The summed E-state index contributed by atoms with van der Waals surface area (Å²) in [6, 6.07) is 22.6. The highest BCUT2D eigenvalue weighted by atomic mass is 16.5. The summed E-state index contributed by atoms with van der Waals surface area (Å²) in [5, 5.41) is 11.8. The monoisotopic (exact) mass is 373 g/mol. The summed E-state index contributed by atoms with van der Waals surface area (Å²) in [5.74, 6) is -0.728. The Hall–Kier alpha value is -3.44. The molecule has 28 heavy (non-hydrogen) atoms. The van der Waals surface area contributed by atoms with Gasteiger partial charge in [0.2, 0.25) is 0 Å². The molecule has 1 atom stereocenters. The van der Waals surface area contributed by atoms with Gasteiger partial charge >= 0.3 is 5.97 Å². The maximum absolute atomic E-state index is 13.2. The molecule has 0 aromatic heterocycles. The van der Waals surface area contributed by atoms with Gasteiger partial charge in [0.15, 0.2) is 5.72 Å². The molecule has 1 heterocycles. The molecule has 0 radical (unpaired) electrons. The number of rotatable bonds is 4. The zero-order valence-electron chi connectivity index (χ0n) is 15.3. The first-order chi connectivity index (χ1) is 13.6. The van der Waals surface area contributed by atoms with Crippen LogP contribution in [0.1, 0.15) is 38.8 Å². The Labute approximate surface area is 162 Å². The van der Waals surface area contributed by atoms with Crippen LogP contribution in [0.3, 0.4) is 0 Å². The number of fused-ring (bicyclic) bond motifs is 1. The van der Waals surface area contributed by atoms with Crippen LogP contribution in [0, 0.1) is 0 Å². The van der Waals surface area contributed by atoms with Gasteiger partial charge in [-0.3, -0.25) is 9.69 Å². The molecule has 5 heteroatoms. The lowest BCUT2D eigenvalue weighted by Gasteiger charge is -2.35.